The second kappa shape index (κ2) is 9.79. The van der Waals surface area contributed by atoms with Crippen molar-refractivity contribution in [2.24, 2.45) is 0 Å². The Bertz CT molecular complexity index is 1250. The molecule has 34 heavy (non-hydrogen) atoms. The van der Waals surface area contributed by atoms with E-state index in [1.54, 1.807) is 12.4 Å². The van der Waals surface area contributed by atoms with Gasteiger partial charge in [-0.2, -0.15) is 4.31 Å². The van der Waals surface area contributed by atoms with E-state index in [9.17, 15) is 8.42 Å². The zero-order valence-corrected chi connectivity index (χ0v) is 19.9. The number of rotatable bonds is 6. The van der Waals surface area contributed by atoms with Gasteiger partial charge in [0.1, 0.15) is 5.52 Å². The van der Waals surface area contributed by atoms with Crippen LogP contribution in [-0.4, -0.2) is 92.6 Å². The molecule has 2 saturated heterocycles. The Morgan fingerprint density at radius 3 is 2.59 bits per heavy atom. The van der Waals surface area contributed by atoms with Gasteiger partial charge >= 0.3 is 0 Å². The van der Waals surface area contributed by atoms with Crippen LogP contribution in [0.2, 0.25) is 0 Å². The summed E-state index contributed by atoms with van der Waals surface area (Å²) in [5, 5.41) is 3.32. The fourth-order valence-corrected chi connectivity index (χ4v) is 5.08. The third-order valence-corrected chi connectivity index (χ3v) is 7.33. The Labute approximate surface area is 199 Å². The van der Waals surface area contributed by atoms with Gasteiger partial charge in [0.2, 0.25) is 10.0 Å². The molecular weight excluding hydrogens is 456 g/mol. The van der Waals surface area contributed by atoms with Crippen LogP contribution < -0.4 is 10.2 Å². The molecule has 5 rings (SSSR count). The van der Waals surface area contributed by atoms with Gasteiger partial charge in [-0.3, -0.25) is 4.98 Å². The number of pyridine rings is 1. The number of aromatic nitrogens is 3. The van der Waals surface area contributed by atoms with E-state index < -0.39 is 10.0 Å². The number of benzene rings is 1. The lowest BCUT2D eigenvalue weighted by Crippen LogP contribution is -2.47. The van der Waals surface area contributed by atoms with Crippen molar-refractivity contribution in [1.82, 2.24) is 19.3 Å². The first kappa shape index (κ1) is 22.9. The number of hydrogen-bond acceptors (Lipinski definition) is 9. The molecule has 0 spiro atoms. The molecular formula is C23H28N6O4S. The average Bonchev–Trinajstić information content (AvgIpc) is 2.87. The van der Waals surface area contributed by atoms with Gasteiger partial charge in [0, 0.05) is 56.4 Å². The number of sulfonamides is 1. The van der Waals surface area contributed by atoms with E-state index >= 15 is 0 Å². The van der Waals surface area contributed by atoms with Crippen molar-refractivity contribution in [3.05, 3.63) is 42.7 Å². The molecule has 1 N–H and O–H groups in total. The van der Waals surface area contributed by atoms with Gasteiger partial charge in [-0.25, -0.2) is 18.4 Å². The normalized spacial score (nSPS) is 19.9. The highest BCUT2D eigenvalue weighted by Crippen LogP contribution is 2.27. The minimum atomic E-state index is -3.25. The second-order valence-corrected chi connectivity index (χ2v) is 10.4. The third-order valence-electron chi connectivity index (χ3n) is 6.06. The molecule has 2 aliphatic heterocycles. The Hall–Kier alpha value is -2.86. The van der Waals surface area contributed by atoms with Crippen molar-refractivity contribution >= 4 is 32.6 Å². The lowest BCUT2D eigenvalue weighted by Gasteiger charge is -2.31. The van der Waals surface area contributed by atoms with Crippen molar-refractivity contribution in [1.29, 1.82) is 0 Å². The minimum Gasteiger partial charge on any atom is -0.378 e. The van der Waals surface area contributed by atoms with Crippen LogP contribution in [0.15, 0.2) is 42.7 Å². The van der Waals surface area contributed by atoms with Crippen molar-refractivity contribution in [3.8, 4) is 11.3 Å². The molecule has 0 aliphatic carbocycles. The van der Waals surface area contributed by atoms with E-state index in [1.165, 1.54) is 10.6 Å². The van der Waals surface area contributed by atoms with Crippen LogP contribution in [0.3, 0.4) is 0 Å². The zero-order valence-electron chi connectivity index (χ0n) is 19.1. The molecule has 180 valence electrons. The predicted octanol–water partition coefficient (Wildman–Crippen LogP) is 1.60. The van der Waals surface area contributed by atoms with Crippen LogP contribution in [0, 0.1) is 0 Å². The summed E-state index contributed by atoms with van der Waals surface area (Å²) in [5.74, 6) is 0.595. The molecule has 0 bridgehead atoms. The summed E-state index contributed by atoms with van der Waals surface area (Å²) in [6.07, 6.45) is 4.23. The summed E-state index contributed by atoms with van der Waals surface area (Å²) in [7, 11) is -3.25. The minimum absolute atomic E-state index is 0.284. The van der Waals surface area contributed by atoms with Crippen LogP contribution in [0.1, 0.15) is 0 Å². The van der Waals surface area contributed by atoms with Crippen LogP contribution >= 0.6 is 0 Å². The van der Waals surface area contributed by atoms with Gasteiger partial charge in [0.25, 0.3) is 0 Å². The van der Waals surface area contributed by atoms with Crippen LogP contribution in [0.4, 0.5) is 11.5 Å². The number of nitrogens with zero attached hydrogens (tertiary/aromatic N) is 5. The van der Waals surface area contributed by atoms with E-state index in [4.69, 9.17) is 14.5 Å². The lowest BCUT2D eigenvalue weighted by atomic mass is 10.1. The third kappa shape index (κ3) is 5.12. The van der Waals surface area contributed by atoms with E-state index in [0.29, 0.717) is 37.6 Å². The molecule has 2 aliphatic rings. The van der Waals surface area contributed by atoms with Crippen molar-refractivity contribution in [2.45, 2.75) is 6.10 Å². The highest BCUT2D eigenvalue weighted by Gasteiger charge is 2.26. The Morgan fingerprint density at radius 2 is 1.82 bits per heavy atom. The summed E-state index contributed by atoms with van der Waals surface area (Å²) < 4.78 is 36.5. The number of nitrogens with one attached hydrogen (secondary N) is 1. The summed E-state index contributed by atoms with van der Waals surface area (Å²) >= 11 is 0. The van der Waals surface area contributed by atoms with Crippen LogP contribution in [0.5, 0.6) is 0 Å². The number of hydrogen-bond donors (Lipinski definition) is 1. The van der Waals surface area contributed by atoms with Crippen molar-refractivity contribution < 1.29 is 17.9 Å². The van der Waals surface area contributed by atoms with Gasteiger partial charge in [-0.15, -0.1) is 0 Å². The van der Waals surface area contributed by atoms with Gasteiger partial charge < -0.3 is 19.7 Å². The first-order valence-corrected chi connectivity index (χ1v) is 13.2. The molecule has 2 fully saturated rings. The number of ether oxygens (including phenoxy) is 2. The molecule has 10 nitrogen and oxygen atoms in total. The first-order valence-electron chi connectivity index (χ1n) is 11.3. The van der Waals surface area contributed by atoms with Gasteiger partial charge in [0.05, 0.1) is 43.4 Å². The van der Waals surface area contributed by atoms with Crippen molar-refractivity contribution in [2.75, 3.05) is 69.0 Å². The van der Waals surface area contributed by atoms with E-state index in [0.717, 1.165) is 48.8 Å². The monoisotopic (exact) mass is 484 g/mol. The molecule has 1 atom stereocenters. The van der Waals surface area contributed by atoms with E-state index in [-0.39, 0.29) is 6.10 Å². The number of fused-ring (bicyclic) bond motifs is 1. The van der Waals surface area contributed by atoms with Gasteiger partial charge in [-0.05, 0) is 18.2 Å². The molecule has 11 heteroatoms. The fraction of sp³-hybridized carbons (Fsp3) is 0.435. The molecule has 1 aromatic carbocycles. The van der Waals surface area contributed by atoms with E-state index in [1.807, 2.05) is 6.07 Å². The SMILES string of the molecule is CS(=O)(=O)N1CCOC(CNc2nc(-c3ccc(N4CCOCC4)cc3)cc3nccnc23)C1. The van der Waals surface area contributed by atoms with Gasteiger partial charge in [0.15, 0.2) is 5.82 Å². The summed E-state index contributed by atoms with van der Waals surface area (Å²) in [4.78, 5) is 16.1. The van der Waals surface area contributed by atoms with Gasteiger partial charge in [-0.1, -0.05) is 12.1 Å². The first-order chi connectivity index (χ1) is 16.5. The van der Waals surface area contributed by atoms with Crippen molar-refractivity contribution in [3.63, 3.8) is 0 Å². The second-order valence-electron chi connectivity index (χ2n) is 8.42. The topological polar surface area (TPSA) is 110 Å². The molecule has 0 amide bonds. The molecule has 4 heterocycles. The zero-order chi connectivity index (χ0) is 23.5. The molecule has 0 radical (unpaired) electrons. The maximum atomic E-state index is 11.9. The maximum absolute atomic E-state index is 11.9. The Kier molecular flexibility index (Phi) is 6.59. The highest BCUT2D eigenvalue weighted by atomic mass is 32.2. The largest absolute Gasteiger partial charge is 0.378 e. The smallest absolute Gasteiger partial charge is 0.211 e. The molecule has 3 aromatic rings. The maximum Gasteiger partial charge on any atom is 0.211 e. The predicted molar refractivity (Wildman–Crippen MR) is 130 cm³/mol. The van der Waals surface area contributed by atoms with Crippen LogP contribution in [-0.2, 0) is 19.5 Å². The number of morpholine rings is 2. The standard InChI is InChI=1S/C23H28N6O4S/c1-34(30,31)29-10-13-33-19(16-29)15-26-23-22-21(24-6-7-25-22)14-20(27-23)17-2-4-18(5-3-17)28-8-11-32-12-9-28/h2-7,14,19H,8-13,15-16H2,1H3,(H,26,27). The lowest BCUT2D eigenvalue weighted by molar-refractivity contribution is 0.00702. The Morgan fingerprint density at radius 1 is 1.06 bits per heavy atom. The fourth-order valence-electron chi connectivity index (χ4n) is 4.24. The quantitative estimate of drug-likeness (QED) is 0.558. The van der Waals surface area contributed by atoms with Crippen LogP contribution in [0.25, 0.3) is 22.3 Å². The molecule has 1 unspecified atom stereocenters. The summed E-state index contributed by atoms with van der Waals surface area (Å²) in [5.41, 5.74) is 4.31. The molecule has 0 saturated carbocycles. The molecule has 2 aromatic heterocycles. The number of anilines is 2. The average molecular weight is 485 g/mol. The summed E-state index contributed by atoms with van der Waals surface area (Å²) in [6.45, 7) is 4.71. The highest BCUT2D eigenvalue weighted by molar-refractivity contribution is 7.88. The Balaban J connectivity index is 1.37. The summed E-state index contributed by atoms with van der Waals surface area (Å²) in [6, 6.07) is 10.3. The van der Waals surface area contributed by atoms with E-state index in [2.05, 4.69) is 44.5 Å².